The smallest absolute Gasteiger partial charge is 0.245 e. The molecule has 2 unspecified atom stereocenters. The quantitative estimate of drug-likeness (QED) is 0.331. The molecular weight excluding hydrogens is 564 g/mol. The van der Waals surface area contributed by atoms with Gasteiger partial charge in [0.05, 0.1) is 0 Å². The SMILES string of the molecule is NCCC(=O)NC(Cc1ccc(Cl)cc1Cl)C(=O)N1CCN(C2(CNCC(F)c3ccccc3)CCCCC2)CC1. The molecule has 7 nitrogen and oxygen atoms in total. The molecule has 224 valence electrons. The molecular formula is C31H42Cl2FN5O2. The van der Waals surface area contributed by atoms with E-state index < -0.39 is 12.2 Å². The van der Waals surface area contributed by atoms with Crippen LogP contribution in [0.4, 0.5) is 4.39 Å². The third kappa shape index (κ3) is 8.64. The van der Waals surface area contributed by atoms with Gasteiger partial charge in [0, 0.05) is 74.2 Å². The van der Waals surface area contributed by atoms with Gasteiger partial charge in [-0.25, -0.2) is 4.39 Å². The summed E-state index contributed by atoms with van der Waals surface area (Å²) >= 11 is 12.5. The molecule has 2 fully saturated rings. The van der Waals surface area contributed by atoms with Crippen molar-refractivity contribution in [3.63, 3.8) is 0 Å². The molecule has 0 aromatic heterocycles. The van der Waals surface area contributed by atoms with Crippen LogP contribution in [-0.2, 0) is 16.0 Å². The Morgan fingerprint density at radius 1 is 1.00 bits per heavy atom. The van der Waals surface area contributed by atoms with Crippen molar-refractivity contribution >= 4 is 35.0 Å². The van der Waals surface area contributed by atoms with Gasteiger partial charge in [-0.2, -0.15) is 0 Å². The van der Waals surface area contributed by atoms with Gasteiger partial charge in [0.1, 0.15) is 12.2 Å². The zero-order valence-electron chi connectivity index (χ0n) is 23.6. The maximum atomic E-state index is 14.8. The number of rotatable bonds is 12. The lowest BCUT2D eigenvalue weighted by Crippen LogP contribution is -2.63. The first-order valence-electron chi connectivity index (χ1n) is 14.7. The second-order valence-corrected chi connectivity index (χ2v) is 12.0. The van der Waals surface area contributed by atoms with Gasteiger partial charge < -0.3 is 21.3 Å². The van der Waals surface area contributed by atoms with Crippen LogP contribution in [0.25, 0.3) is 0 Å². The summed E-state index contributed by atoms with van der Waals surface area (Å²) in [6.07, 6.45) is 4.99. The van der Waals surface area contributed by atoms with Gasteiger partial charge in [0.2, 0.25) is 11.8 Å². The van der Waals surface area contributed by atoms with E-state index in [1.54, 1.807) is 18.2 Å². The summed E-state index contributed by atoms with van der Waals surface area (Å²) in [5, 5.41) is 7.29. The van der Waals surface area contributed by atoms with E-state index in [0.29, 0.717) is 28.7 Å². The van der Waals surface area contributed by atoms with E-state index in [4.69, 9.17) is 28.9 Å². The number of carbonyl (C=O) groups is 2. The fourth-order valence-corrected chi connectivity index (χ4v) is 6.64. The summed E-state index contributed by atoms with van der Waals surface area (Å²) in [4.78, 5) is 30.5. The van der Waals surface area contributed by atoms with Gasteiger partial charge in [-0.1, -0.05) is 78.9 Å². The number of nitrogens with zero attached hydrogens (tertiary/aromatic N) is 2. The second-order valence-electron chi connectivity index (χ2n) is 11.2. The highest BCUT2D eigenvalue weighted by Gasteiger charge is 2.40. The number of amides is 2. The first kappa shape index (κ1) is 31.7. The summed E-state index contributed by atoms with van der Waals surface area (Å²) < 4.78 is 14.8. The molecule has 2 atom stereocenters. The Bertz CT molecular complexity index is 1140. The fraction of sp³-hybridized carbons (Fsp3) is 0.548. The molecule has 0 bridgehead atoms. The average molecular weight is 607 g/mol. The Morgan fingerprint density at radius 2 is 1.71 bits per heavy atom. The number of piperazine rings is 1. The largest absolute Gasteiger partial charge is 0.344 e. The van der Waals surface area contributed by atoms with E-state index in [9.17, 15) is 14.0 Å². The number of carbonyl (C=O) groups excluding carboxylic acids is 2. The van der Waals surface area contributed by atoms with Crippen LogP contribution in [0.3, 0.4) is 0 Å². The van der Waals surface area contributed by atoms with Crippen LogP contribution in [-0.4, -0.2) is 79.0 Å². The molecule has 2 aromatic rings. The van der Waals surface area contributed by atoms with Crippen molar-refractivity contribution in [2.45, 2.75) is 62.7 Å². The van der Waals surface area contributed by atoms with Gasteiger partial charge >= 0.3 is 0 Å². The normalized spacial score (nSPS) is 19.0. The first-order valence-corrected chi connectivity index (χ1v) is 15.4. The highest BCUT2D eigenvalue weighted by molar-refractivity contribution is 6.35. The van der Waals surface area contributed by atoms with E-state index in [1.807, 2.05) is 35.2 Å². The number of alkyl halides is 1. The highest BCUT2D eigenvalue weighted by Crippen LogP contribution is 2.34. The lowest BCUT2D eigenvalue weighted by Gasteiger charge is -2.50. The van der Waals surface area contributed by atoms with E-state index in [2.05, 4.69) is 15.5 Å². The molecule has 2 aromatic carbocycles. The number of nitrogens with two attached hydrogens (primary N) is 1. The van der Waals surface area contributed by atoms with Crippen molar-refractivity contribution < 1.29 is 14.0 Å². The third-order valence-electron chi connectivity index (χ3n) is 8.43. The predicted octanol–water partition coefficient (Wildman–Crippen LogP) is 4.52. The molecule has 4 rings (SSSR count). The number of benzene rings is 2. The maximum absolute atomic E-state index is 14.8. The molecule has 0 spiro atoms. The van der Waals surface area contributed by atoms with Gasteiger partial charge in [0.15, 0.2) is 0 Å². The Morgan fingerprint density at radius 3 is 2.37 bits per heavy atom. The topological polar surface area (TPSA) is 90.7 Å². The van der Waals surface area contributed by atoms with E-state index in [1.165, 1.54) is 6.42 Å². The lowest BCUT2D eigenvalue weighted by atomic mass is 9.79. The average Bonchev–Trinajstić information content (AvgIpc) is 2.99. The summed E-state index contributed by atoms with van der Waals surface area (Å²) in [6.45, 7) is 3.80. The minimum absolute atomic E-state index is 0.0463. The summed E-state index contributed by atoms with van der Waals surface area (Å²) in [5.41, 5.74) is 6.96. The first-order chi connectivity index (χ1) is 19.8. The molecule has 41 heavy (non-hydrogen) atoms. The molecule has 1 aliphatic carbocycles. The molecule has 1 heterocycles. The molecule has 10 heteroatoms. The number of hydrogen-bond acceptors (Lipinski definition) is 5. The summed E-state index contributed by atoms with van der Waals surface area (Å²) in [5.74, 6) is -0.386. The molecule has 2 amide bonds. The molecule has 2 aliphatic rings. The van der Waals surface area contributed by atoms with E-state index in [-0.39, 0.29) is 43.3 Å². The molecule has 4 N–H and O–H groups in total. The zero-order chi connectivity index (χ0) is 29.2. The fourth-order valence-electron chi connectivity index (χ4n) is 6.15. The van der Waals surface area contributed by atoms with E-state index >= 15 is 0 Å². The van der Waals surface area contributed by atoms with Crippen molar-refractivity contribution in [1.82, 2.24) is 20.4 Å². The van der Waals surface area contributed by atoms with E-state index in [0.717, 1.165) is 50.9 Å². The number of nitrogens with one attached hydrogen (secondary N) is 2. The van der Waals surface area contributed by atoms with Gasteiger partial charge in [-0.05, 0) is 36.1 Å². The van der Waals surface area contributed by atoms with Crippen molar-refractivity contribution in [2.24, 2.45) is 5.73 Å². The monoisotopic (exact) mass is 605 g/mol. The summed E-state index contributed by atoms with van der Waals surface area (Å²) in [6, 6.07) is 13.7. The van der Waals surface area contributed by atoms with Crippen molar-refractivity contribution in [1.29, 1.82) is 0 Å². The number of hydrogen-bond donors (Lipinski definition) is 3. The Hall–Kier alpha value is -2.23. The Kier molecular flexibility index (Phi) is 11.8. The van der Waals surface area contributed by atoms with Crippen molar-refractivity contribution in [3.8, 4) is 0 Å². The van der Waals surface area contributed by atoms with Crippen LogP contribution in [0.5, 0.6) is 0 Å². The Labute approximate surface area is 252 Å². The summed E-state index contributed by atoms with van der Waals surface area (Å²) in [7, 11) is 0. The molecule has 0 radical (unpaired) electrons. The van der Waals surface area contributed by atoms with Crippen LogP contribution < -0.4 is 16.4 Å². The van der Waals surface area contributed by atoms with Gasteiger partial charge in [-0.3, -0.25) is 14.5 Å². The molecule has 1 saturated carbocycles. The van der Waals surface area contributed by atoms with Crippen LogP contribution in [0.2, 0.25) is 10.0 Å². The lowest BCUT2D eigenvalue weighted by molar-refractivity contribution is -0.139. The molecule has 1 aliphatic heterocycles. The minimum atomic E-state index is -1.05. The Balaban J connectivity index is 1.38. The highest BCUT2D eigenvalue weighted by atomic mass is 35.5. The maximum Gasteiger partial charge on any atom is 0.245 e. The van der Waals surface area contributed by atoms with Crippen LogP contribution in [0.1, 0.15) is 55.8 Å². The zero-order valence-corrected chi connectivity index (χ0v) is 25.1. The van der Waals surface area contributed by atoms with Crippen LogP contribution in [0, 0.1) is 0 Å². The van der Waals surface area contributed by atoms with Crippen molar-refractivity contribution in [3.05, 3.63) is 69.7 Å². The minimum Gasteiger partial charge on any atom is -0.344 e. The standard InChI is InChI=1S/C31H42Cl2FN5O2/c32-25-10-9-24(26(33)20-25)19-28(37-29(40)11-14-35)30(41)38-15-17-39(18-16-38)31(12-5-2-6-13-31)22-36-21-27(34)23-7-3-1-4-8-23/h1,3-4,7-10,20,27-28,36H,2,5-6,11-19,21-22,35H2,(H,37,40). The molecule has 1 saturated heterocycles. The predicted molar refractivity (Wildman–Crippen MR) is 163 cm³/mol. The second kappa shape index (κ2) is 15.3. The third-order valence-corrected chi connectivity index (χ3v) is 9.02. The number of halogens is 3. The van der Waals surface area contributed by atoms with Crippen LogP contribution >= 0.6 is 23.2 Å². The van der Waals surface area contributed by atoms with Gasteiger partial charge in [0.25, 0.3) is 0 Å². The van der Waals surface area contributed by atoms with Gasteiger partial charge in [-0.15, -0.1) is 0 Å². The van der Waals surface area contributed by atoms with Crippen molar-refractivity contribution in [2.75, 3.05) is 45.8 Å². The van der Waals surface area contributed by atoms with Crippen LogP contribution in [0.15, 0.2) is 48.5 Å².